The fourth-order valence-electron chi connectivity index (χ4n) is 4.64. The van der Waals surface area contributed by atoms with Crippen molar-refractivity contribution in [3.63, 3.8) is 0 Å². The van der Waals surface area contributed by atoms with E-state index in [4.69, 9.17) is 4.74 Å². The molecule has 1 fully saturated rings. The average Bonchev–Trinajstić information content (AvgIpc) is 3.26. The number of nitrogens with one attached hydrogen (secondary N) is 2. The fraction of sp³-hybridized carbons (Fsp3) is 0.360. The molecule has 178 valence electrons. The van der Waals surface area contributed by atoms with Gasteiger partial charge in [0.25, 0.3) is 0 Å². The Morgan fingerprint density at radius 2 is 2.03 bits per heavy atom. The first-order valence-electron chi connectivity index (χ1n) is 11.4. The number of halogens is 2. The minimum Gasteiger partial charge on any atom is -0.497 e. The maximum Gasteiger partial charge on any atom is 0.153 e. The third kappa shape index (κ3) is 4.72. The van der Waals surface area contributed by atoms with Crippen molar-refractivity contribution in [2.24, 2.45) is 0 Å². The van der Waals surface area contributed by atoms with Crippen LogP contribution in [0.15, 0.2) is 42.6 Å². The molecule has 34 heavy (non-hydrogen) atoms. The number of benzene rings is 2. The van der Waals surface area contributed by atoms with E-state index in [-0.39, 0.29) is 11.6 Å². The van der Waals surface area contributed by atoms with Gasteiger partial charge in [0.2, 0.25) is 0 Å². The number of hydrogen-bond donors (Lipinski definition) is 3. The minimum atomic E-state index is -0.662. The predicted octanol–water partition coefficient (Wildman–Crippen LogP) is 3.69. The number of ether oxygens (including phenoxy) is 1. The van der Waals surface area contributed by atoms with Gasteiger partial charge in [-0.1, -0.05) is 0 Å². The zero-order chi connectivity index (χ0) is 23.7. The van der Waals surface area contributed by atoms with Crippen LogP contribution >= 0.6 is 0 Å². The van der Waals surface area contributed by atoms with Gasteiger partial charge in [0.1, 0.15) is 22.9 Å². The molecule has 0 saturated carbocycles. The van der Waals surface area contributed by atoms with Gasteiger partial charge in [0.15, 0.2) is 5.82 Å². The molecule has 2 aromatic carbocycles. The van der Waals surface area contributed by atoms with Gasteiger partial charge in [-0.25, -0.2) is 13.8 Å². The molecule has 5 rings (SSSR count). The maximum atomic E-state index is 13.9. The number of imidazole rings is 1. The van der Waals surface area contributed by atoms with Gasteiger partial charge < -0.3 is 25.0 Å². The largest absolute Gasteiger partial charge is 0.497 e. The molecule has 3 heterocycles. The van der Waals surface area contributed by atoms with Crippen LogP contribution in [-0.4, -0.2) is 57.7 Å². The van der Waals surface area contributed by atoms with Crippen molar-refractivity contribution in [1.82, 2.24) is 25.2 Å². The quantitative estimate of drug-likeness (QED) is 0.384. The molecule has 2 aromatic heterocycles. The Labute approximate surface area is 195 Å². The number of aliphatic hydroxyl groups is 1. The summed E-state index contributed by atoms with van der Waals surface area (Å²) in [7, 11) is 1.62. The van der Waals surface area contributed by atoms with E-state index in [1.54, 1.807) is 13.3 Å². The third-order valence-corrected chi connectivity index (χ3v) is 6.47. The lowest BCUT2D eigenvalue weighted by Gasteiger charge is -2.33. The first-order chi connectivity index (χ1) is 16.5. The lowest BCUT2D eigenvalue weighted by atomic mass is 10.0. The van der Waals surface area contributed by atoms with Crippen molar-refractivity contribution < 1.29 is 18.6 Å². The zero-order valence-corrected chi connectivity index (χ0v) is 18.9. The number of methoxy groups -OCH3 is 1. The van der Waals surface area contributed by atoms with Gasteiger partial charge in [0.05, 0.1) is 30.8 Å². The number of β-amino-alcohol motifs (C(OH)–C–C–N with tert-alkyl or cyclic N) is 1. The Morgan fingerprint density at radius 3 is 2.82 bits per heavy atom. The minimum absolute atomic E-state index is 0.156. The summed E-state index contributed by atoms with van der Waals surface area (Å²) in [6, 6.07) is 9.92. The Hall–Kier alpha value is -3.14. The van der Waals surface area contributed by atoms with Gasteiger partial charge in [-0.05, 0) is 61.8 Å². The molecule has 0 amide bonds. The molecule has 1 atom stereocenters. The molecular formula is C25H27F2N5O2. The van der Waals surface area contributed by atoms with Crippen LogP contribution in [0.3, 0.4) is 0 Å². The van der Waals surface area contributed by atoms with Crippen LogP contribution in [0, 0.1) is 11.6 Å². The van der Waals surface area contributed by atoms with Gasteiger partial charge in [-0.2, -0.15) is 0 Å². The van der Waals surface area contributed by atoms with E-state index >= 15 is 0 Å². The van der Waals surface area contributed by atoms with Crippen molar-refractivity contribution in [2.45, 2.75) is 31.5 Å². The van der Waals surface area contributed by atoms with Crippen LogP contribution in [0.4, 0.5) is 8.78 Å². The second-order valence-corrected chi connectivity index (χ2v) is 8.72. The molecule has 9 heteroatoms. The topological polar surface area (TPSA) is 86.3 Å². The van der Waals surface area contributed by atoms with Crippen LogP contribution in [0.5, 0.6) is 5.75 Å². The monoisotopic (exact) mass is 467 g/mol. The summed E-state index contributed by atoms with van der Waals surface area (Å²) in [5, 5.41) is 15.3. The smallest absolute Gasteiger partial charge is 0.153 e. The highest BCUT2D eigenvalue weighted by Crippen LogP contribution is 2.28. The summed E-state index contributed by atoms with van der Waals surface area (Å²) in [5.41, 5.74) is 2.19. The predicted molar refractivity (Wildman–Crippen MR) is 126 cm³/mol. The number of H-pyrrole nitrogens is 1. The molecule has 4 aromatic rings. The molecule has 1 aliphatic heterocycles. The van der Waals surface area contributed by atoms with E-state index in [1.165, 1.54) is 6.07 Å². The Bertz CT molecular complexity index is 1300. The molecule has 0 unspecified atom stereocenters. The number of aromatic amines is 1. The summed E-state index contributed by atoms with van der Waals surface area (Å²) in [4.78, 5) is 13.9. The molecular weight excluding hydrogens is 440 g/mol. The number of piperidine rings is 1. The highest BCUT2D eigenvalue weighted by molar-refractivity contribution is 5.83. The highest BCUT2D eigenvalue weighted by Gasteiger charge is 2.23. The lowest BCUT2D eigenvalue weighted by molar-refractivity contribution is 0.0948. The van der Waals surface area contributed by atoms with Crippen LogP contribution in [0.2, 0.25) is 0 Å². The zero-order valence-electron chi connectivity index (χ0n) is 18.9. The van der Waals surface area contributed by atoms with Crippen LogP contribution in [0.1, 0.15) is 30.3 Å². The van der Waals surface area contributed by atoms with Crippen molar-refractivity contribution in [2.75, 3.05) is 26.7 Å². The summed E-state index contributed by atoms with van der Waals surface area (Å²) < 4.78 is 32.6. The normalized spacial score (nSPS) is 16.4. The van der Waals surface area contributed by atoms with E-state index in [0.29, 0.717) is 24.4 Å². The summed E-state index contributed by atoms with van der Waals surface area (Å²) >= 11 is 0. The van der Waals surface area contributed by atoms with Crippen molar-refractivity contribution in [3.8, 4) is 5.75 Å². The van der Waals surface area contributed by atoms with Crippen molar-refractivity contribution in [3.05, 3.63) is 65.6 Å². The third-order valence-electron chi connectivity index (χ3n) is 6.47. The van der Waals surface area contributed by atoms with Gasteiger partial charge in [-0.3, -0.25) is 4.98 Å². The SMILES string of the molecule is COc1ccc2nccc([C@@H](O)CN3CCC(NCc4nc5c(F)cc(F)cc5[nH]4)CC3)c2c1. The van der Waals surface area contributed by atoms with E-state index in [1.807, 2.05) is 24.3 Å². The van der Waals surface area contributed by atoms with Gasteiger partial charge in [-0.15, -0.1) is 0 Å². The van der Waals surface area contributed by atoms with Gasteiger partial charge in [0, 0.05) is 30.2 Å². The second kappa shape index (κ2) is 9.61. The first kappa shape index (κ1) is 22.6. The summed E-state index contributed by atoms with van der Waals surface area (Å²) in [5.74, 6) is 0.0296. The van der Waals surface area contributed by atoms with Gasteiger partial charge >= 0.3 is 0 Å². The fourth-order valence-corrected chi connectivity index (χ4v) is 4.64. The van der Waals surface area contributed by atoms with E-state index in [0.717, 1.165) is 54.2 Å². The molecule has 1 aliphatic rings. The number of hydrogen-bond acceptors (Lipinski definition) is 6. The lowest BCUT2D eigenvalue weighted by Crippen LogP contribution is -2.43. The summed E-state index contributed by atoms with van der Waals surface area (Å²) in [6.45, 7) is 2.69. The molecule has 1 saturated heterocycles. The number of aromatic nitrogens is 3. The second-order valence-electron chi connectivity index (χ2n) is 8.72. The van der Waals surface area contributed by atoms with Crippen molar-refractivity contribution in [1.29, 1.82) is 0 Å². The first-order valence-corrected chi connectivity index (χ1v) is 11.4. The molecule has 0 bridgehead atoms. The average molecular weight is 468 g/mol. The molecule has 3 N–H and O–H groups in total. The number of rotatable bonds is 7. The number of nitrogens with zero attached hydrogens (tertiary/aromatic N) is 3. The molecule has 0 radical (unpaired) electrons. The van der Waals surface area contributed by atoms with Crippen LogP contribution in [0.25, 0.3) is 21.9 Å². The number of likely N-dealkylation sites (tertiary alicyclic amines) is 1. The van der Waals surface area contributed by atoms with Crippen LogP contribution < -0.4 is 10.1 Å². The number of pyridine rings is 1. The maximum absolute atomic E-state index is 13.9. The Balaban J connectivity index is 1.16. The highest BCUT2D eigenvalue weighted by atomic mass is 19.1. The standard InChI is InChI=1S/C25H27F2N5O2/c1-34-17-2-3-21-19(12-17)18(4-7-28-21)23(33)14-32-8-5-16(6-9-32)29-13-24-30-22-11-15(26)10-20(27)25(22)31-24/h2-4,7,10-12,16,23,29,33H,5-6,8-9,13-14H2,1H3,(H,30,31)/t23-/m0/s1. The Kier molecular flexibility index (Phi) is 6.40. The van der Waals surface area contributed by atoms with E-state index in [2.05, 4.69) is 25.2 Å². The molecule has 0 aliphatic carbocycles. The van der Waals surface area contributed by atoms with Crippen molar-refractivity contribution >= 4 is 21.9 Å². The molecule has 0 spiro atoms. The summed E-state index contributed by atoms with van der Waals surface area (Å²) in [6.07, 6.45) is 2.93. The Morgan fingerprint density at radius 1 is 1.21 bits per heavy atom. The number of aliphatic hydroxyl groups excluding tert-OH is 1. The van der Waals surface area contributed by atoms with Crippen LogP contribution in [-0.2, 0) is 6.54 Å². The van der Waals surface area contributed by atoms with E-state index < -0.39 is 17.7 Å². The number of fused-ring (bicyclic) bond motifs is 2. The van der Waals surface area contributed by atoms with E-state index in [9.17, 15) is 13.9 Å². The molecule has 7 nitrogen and oxygen atoms in total.